The summed E-state index contributed by atoms with van der Waals surface area (Å²) in [5.74, 6) is 1.65. The molecule has 1 saturated carbocycles. The third-order valence-corrected chi connectivity index (χ3v) is 2.52. The number of rotatable bonds is 4. The monoisotopic (exact) mass is 182 g/mol. The van der Waals surface area contributed by atoms with Gasteiger partial charge in [0.2, 0.25) is 0 Å². The summed E-state index contributed by atoms with van der Waals surface area (Å²) in [6.07, 6.45) is 8.00. The largest absolute Gasteiger partial charge is 0.495 e. The summed E-state index contributed by atoms with van der Waals surface area (Å²) in [5, 5.41) is 0. The predicted molar refractivity (Wildman–Crippen MR) is 56.6 cm³/mol. The van der Waals surface area contributed by atoms with E-state index in [2.05, 4.69) is 20.4 Å². The van der Waals surface area contributed by atoms with Gasteiger partial charge in [-0.05, 0) is 31.6 Å². The van der Waals surface area contributed by atoms with Crippen LogP contribution in [0.25, 0.3) is 0 Å². The second-order valence-corrected chi connectivity index (χ2v) is 4.51. The van der Waals surface area contributed by atoms with Crippen LogP contribution in [0.3, 0.4) is 0 Å². The third-order valence-electron chi connectivity index (χ3n) is 2.52. The second-order valence-electron chi connectivity index (χ2n) is 4.51. The molecule has 0 aliphatic heterocycles. The van der Waals surface area contributed by atoms with Crippen LogP contribution in [0.15, 0.2) is 12.3 Å². The van der Waals surface area contributed by atoms with Gasteiger partial charge in [-0.3, -0.25) is 0 Å². The fraction of sp³-hybridized carbons (Fsp3) is 0.833. The fourth-order valence-corrected chi connectivity index (χ4v) is 1.92. The highest BCUT2D eigenvalue weighted by Gasteiger charge is 2.15. The van der Waals surface area contributed by atoms with Gasteiger partial charge in [0, 0.05) is 6.42 Å². The van der Waals surface area contributed by atoms with E-state index in [0.29, 0.717) is 12.0 Å². The molecule has 1 nitrogen and oxygen atoms in total. The van der Waals surface area contributed by atoms with Gasteiger partial charge < -0.3 is 4.74 Å². The highest BCUT2D eigenvalue weighted by atomic mass is 16.5. The van der Waals surface area contributed by atoms with Crippen molar-refractivity contribution in [1.82, 2.24) is 0 Å². The molecule has 0 N–H and O–H groups in total. The first-order chi connectivity index (χ1) is 6.18. The van der Waals surface area contributed by atoms with Crippen molar-refractivity contribution in [2.45, 2.75) is 58.5 Å². The summed E-state index contributed by atoms with van der Waals surface area (Å²) in [6.45, 7) is 8.37. The van der Waals surface area contributed by atoms with Crippen molar-refractivity contribution < 1.29 is 4.74 Å². The van der Waals surface area contributed by atoms with Gasteiger partial charge in [0.05, 0.1) is 11.9 Å². The van der Waals surface area contributed by atoms with Crippen LogP contribution in [-0.2, 0) is 4.74 Å². The highest BCUT2D eigenvalue weighted by molar-refractivity contribution is 4.85. The maximum absolute atomic E-state index is 5.81. The molecule has 1 fully saturated rings. The molecule has 0 bridgehead atoms. The van der Waals surface area contributed by atoms with Gasteiger partial charge in [-0.2, -0.15) is 0 Å². The first-order valence-corrected chi connectivity index (χ1v) is 5.53. The summed E-state index contributed by atoms with van der Waals surface area (Å²) in [6, 6.07) is 0. The number of hydrogen-bond acceptors (Lipinski definition) is 1. The van der Waals surface area contributed by atoms with Crippen LogP contribution in [0.5, 0.6) is 0 Å². The van der Waals surface area contributed by atoms with E-state index in [9.17, 15) is 0 Å². The topological polar surface area (TPSA) is 9.23 Å². The SMILES string of the molecule is C=C(CC(C)C)OC1CCCCC1. The molecule has 0 unspecified atom stereocenters. The zero-order valence-corrected chi connectivity index (χ0v) is 9.01. The van der Waals surface area contributed by atoms with E-state index in [-0.39, 0.29) is 0 Å². The van der Waals surface area contributed by atoms with Gasteiger partial charge in [0.15, 0.2) is 0 Å². The van der Waals surface area contributed by atoms with Crippen LogP contribution >= 0.6 is 0 Å². The maximum atomic E-state index is 5.81. The van der Waals surface area contributed by atoms with E-state index in [1.807, 2.05) is 0 Å². The zero-order valence-electron chi connectivity index (χ0n) is 9.01. The predicted octanol–water partition coefficient (Wildman–Crippen LogP) is 3.90. The van der Waals surface area contributed by atoms with Crippen LogP contribution in [-0.4, -0.2) is 6.10 Å². The average Bonchev–Trinajstić information content (AvgIpc) is 2.04. The van der Waals surface area contributed by atoms with E-state index in [1.165, 1.54) is 32.1 Å². The van der Waals surface area contributed by atoms with Crippen molar-refractivity contribution in [3.63, 3.8) is 0 Å². The normalized spacial score (nSPS) is 19.0. The van der Waals surface area contributed by atoms with Gasteiger partial charge in [0.25, 0.3) is 0 Å². The molecule has 76 valence electrons. The first-order valence-electron chi connectivity index (χ1n) is 5.53. The molecular weight excluding hydrogens is 160 g/mol. The summed E-state index contributed by atoms with van der Waals surface area (Å²) >= 11 is 0. The van der Waals surface area contributed by atoms with E-state index in [1.54, 1.807) is 0 Å². The Bertz CT molecular complexity index is 155. The maximum Gasteiger partial charge on any atom is 0.0982 e. The molecule has 0 spiro atoms. The number of ether oxygens (including phenoxy) is 1. The molecule has 0 amide bonds. The molecule has 0 atom stereocenters. The molecule has 0 saturated heterocycles. The molecule has 1 aliphatic rings. The summed E-state index contributed by atoms with van der Waals surface area (Å²) in [5.41, 5.74) is 0. The first kappa shape index (κ1) is 10.6. The minimum Gasteiger partial charge on any atom is -0.495 e. The highest BCUT2D eigenvalue weighted by Crippen LogP contribution is 2.23. The van der Waals surface area contributed by atoms with Crippen molar-refractivity contribution in [2.75, 3.05) is 0 Å². The molecular formula is C12H22O. The molecule has 1 heteroatoms. The summed E-state index contributed by atoms with van der Waals surface area (Å²) < 4.78 is 5.81. The Balaban J connectivity index is 2.18. The molecule has 1 aliphatic carbocycles. The molecule has 0 aromatic carbocycles. The smallest absolute Gasteiger partial charge is 0.0982 e. The Morgan fingerprint density at radius 3 is 2.46 bits per heavy atom. The molecule has 0 aromatic heterocycles. The van der Waals surface area contributed by atoms with E-state index < -0.39 is 0 Å². The van der Waals surface area contributed by atoms with Crippen LogP contribution in [0.1, 0.15) is 52.4 Å². The minimum absolute atomic E-state index is 0.472. The van der Waals surface area contributed by atoms with Gasteiger partial charge >= 0.3 is 0 Å². The van der Waals surface area contributed by atoms with Crippen LogP contribution in [0.4, 0.5) is 0 Å². The van der Waals surface area contributed by atoms with Crippen LogP contribution < -0.4 is 0 Å². The Kier molecular flexibility index (Phi) is 4.34. The van der Waals surface area contributed by atoms with Crippen molar-refractivity contribution >= 4 is 0 Å². The quantitative estimate of drug-likeness (QED) is 0.599. The van der Waals surface area contributed by atoms with Crippen molar-refractivity contribution in [3.8, 4) is 0 Å². The van der Waals surface area contributed by atoms with Gasteiger partial charge in [0.1, 0.15) is 0 Å². The standard InChI is InChI=1S/C12H22O/c1-10(2)9-11(3)13-12-7-5-4-6-8-12/h10,12H,3-9H2,1-2H3. The lowest BCUT2D eigenvalue weighted by Gasteiger charge is -2.24. The zero-order chi connectivity index (χ0) is 9.68. The lowest BCUT2D eigenvalue weighted by atomic mass is 9.97. The summed E-state index contributed by atoms with van der Waals surface area (Å²) in [7, 11) is 0. The molecule has 0 radical (unpaired) electrons. The Morgan fingerprint density at radius 1 is 1.31 bits per heavy atom. The van der Waals surface area contributed by atoms with E-state index in [4.69, 9.17) is 4.74 Å². The molecule has 0 aromatic rings. The fourth-order valence-electron chi connectivity index (χ4n) is 1.92. The van der Waals surface area contributed by atoms with Gasteiger partial charge in [-0.1, -0.05) is 26.8 Å². The third kappa shape index (κ3) is 4.35. The molecule has 0 heterocycles. The van der Waals surface area contributed by atoms with Crippen molar-refractivity contribution in [3.05, 3.63) is 12.3 Å². The molecule has 1 rings (SSSR count). The molecule has 13 heavy (non-hydrogen) atoms. The Labute approximate surface area is 82.2 Å². The van der Waals surface area contributed by atoms with Crippen LogP contribution in [0, 0.1) is 5.92 Å². The number of allylic oxidation sites excluding steroid dienone is 1. The second kappa shape index (κ2) is 5.31. The number of hydrogen-bond donors (Lipinski definition) is 0. The van der Waals surface area contributed by atoms with Gasteiger partial charge in [-0.25, -0.2) is 0 Å². The van der Waals surface area contributed by atoms with E-state index in [0.717, 1.165) is 12.2 Å². The average molecular weight is 182 g/mol. The Morgan fingerprint density at radius 2 is 1.92 bits per heavy atom. The lowest BCUT2D eigenvalue weighted by Crippen LogP contribution is -2.16. The van der Waals surface area contributed by atoms with Crippen molar-refractivity contribution in [2.24, 2.45) is 5.92 Å². The van der Waals surface area contributed by atoms with E-state index >= 15 is 0 Å². The van der Waals surface area contributed by atoms with Gasteiger partial charge in [-0.15, -0.1) is 0 Å². The minimum atomic E-state index is 0.472. The Hall–Kier alpha value is -0.460. The van der Waals surface area contributed by atoms with Crippen LogP contribution in [0.2, 0.25) is 0 Å². The lowest BCUT2D eigenvalue weighted by molar-refractivity contribution is 0.0749. The van der Waals surface area contributed by atoms with Crippen molar-refractivity contribution in [1.29, 1.82) is 0 Å². The summed E-state index contributed by atoms with van der Waals surface area (Å²) in [4.78, 5) is 0.